The van der Waals surface area contributed by atoms with Crippen LogP contribution in [0.1, 0.15) is 30.6 Å². The molecule has 0 saturated carbocycles. The van der Waals surface area contributed by atoms with Crippen molar-refractivity contribution in [1.82, 2.24) is 9.62 Å². The van der Waals surface area contributed by atoms with Gasteiger partial charge in [-0.2, -0.15) is 0 Å². The number of nitrogens with two attached hydrogens (primary N) is 1. The Labute approximate surface area is 124 Å². The number of piperidine rings is 1. The maximum Gasteiger partial charge on any atom is 0.241 e. The van der Waals surface area contributed by atoms with E-state index in [2.05, 4.69) is 9.62 Å². The summed E-state index contributed by atoms with van der Waals surface area (Å²) in [5.74, 6) is 0. The van der Waals surface area contributed by atoms with Crippen molar-refractivity contribution in [2.45, 2.75) is 49.2 Å². The zero-order valence-electron chi connectivity index (χ0n) is 11.4. The molecule has 1 aromatic rings. The molecule has 2 aliphatic rings. The van der Waals surface area contributed by atoms with Gasteiger partial charge < -0.3 is 10.6 Å². The Morgan fingerprint density at radius 1 is 1.40 bits per heavy atom. The van der Waals surface area contributed by atoms with E-state index in [1.165, 1.54) is 30.7 Å². The van der Waals surface area contributed by atoms with Crippen LogP contribution in [0.4, 0.5) is 0 Å². The lowest BCUT2D eigenvalue weighted by molar-refractivity contribution is 0.176. The van der Waals surface area contributed by atoms with Crippen LogP contribution < -0.4 is 10.5 Å². The van der Waals surface area contributed by atoms with E-state index in [-0.39, 0.29) is 12.6 Å². The minimum absolute atomic E-state index is 0.0601. The fourth-order valence-electron chi connectivity index (χ4n) is 3.33. The third kappa shape index (κ3) is 2.78. The number of sulfonamides is 1. The molecule has 112 valence electrons. The molecule has 7 heteroatoms. The summed E-state index contributed by atoms with van der Waals surface area (Å²) in [5.41, 5.74) is 5.61. The van der Waals surface area contributed by atoms with Crippen molar-refractivity contribution in [3.8, 4) is 0 Å². The molecule has 3 rings (SSSR count). The van der Waals surface area contributed by atoms with Gasteiger partial charge >= 0.3 is 0 Å². The first-order chi connectivity index (χ1) is 9.60. The highest BCUT2D eigenvalue weighted by Crippen LogP contribution is 2.28. The Kier molecular flexibility index (Phi) is 4.14. The number of thiophene rings is 1. The molecule has 2 aliphatic heterocycles. The number of hydrogen-bond donors (Lipinski definition) is 2. The monoisotopic (exact) mass is 315 g/mol. The molecule has 0 aromatic carbocycles. The van der Waals surface area contributed by atoms with Crippen molar-refractivity contribution in [2.75, 3.05) is 13.1 Å². The second kappa shape index (κ2) is 5.73. The van der Waals surface area contributed by atoms with Crippen LogP contribution in [0.2, 0.25) is 0 Å². The lowest BCUT2D eigenvalue weighted by atomic mass is 9.99. The molecule has 3 N–H and O–H groups in total. The van der Waals surface area contributed by atoms with E-state index in [4.69, 9.17) is 5.73 Å². The van der Waals surface area contributed by atoms with E-state index in [0.717, 1.165) is 24.3 Å². The van der Waals surface area contributed by atoms with Crippen LogP contribution >= 0.6 is 11.3 Å². The average Bonchev–Trinajstić information content (AvgIpc) is 3.06. The maximum atomic E-state index is 12.5. The predicted molar refractivity (Wildman–Crippen MR) is 80.1 cm³/mol. The first-order valence-electron chi connectivity index (χ1n) is 7.13. The zero-order valence-corrected chi connectivity index (χ0v) is 13.0. The second-order valence-corrected chi connectivity index (χ2v) is 8.27. The van der Waals surface area contributed by atoms with Crippen LogP contribution in [-0.4, -0.2) is 38.5 Å². The van der Waals surface area contributed by atoms with Gasteiger partial charge in [-0.3, -0.25) is 0 Å². The number of hydrogen-bond acceptors (Lipinski definition) is 5. The van der Waals surface area contributed by atoms with Gasteiger partial charge in [0.05, 0.1) is 4.90 Å². The molecule has 2 fully saturated rings. The van der Waals surface area contributed by atoms with Crippen LogP contribution in [0.5, 0.6) is 0 Å². The van der Waals surface area contributed by atoms with Crippen molar-refractivity contribution < 1.29 is 8.42 Å². The minimum atomic E-state index is -3.43. The lowest BCUT2D eigenvalue weighted by Gasteiger charge is -2.34. The molecule has 20 heavy (non-hydrogen) atoms. The molecule has 1 aromatic heterocycles. The Morgan fingerprint density at radius 2 is 2.25 bits per heavy atom. The first-order valence-corrected chi connectivity index (χ1v) is 9.49. The molecule has 2 unspecified atom stereocenters. The summed E-state index contributed by atoms with van der Waals surface area (Å²) in [7, 11) is -3.43. The van der Waals surface area contributed by atoms with Crippen molar-refractivity contribution in [2.24, 2.45) is 5.73 Å². The highest BCUT2D eigenvalue weighted by Gasteiger charge is 2.34. The Balaban J connectivity index is 1.71. The molecule has 0 spiro atoms. The molecule has 5 nitrogen and oxygen atoms in total. The zero-order chi connectivity index (χ0) is 14.2. The molecule has 0 bridgehead atoms. The van der Waals surface area contributed by atoms with E-state index < -0.39 is 10.0 Å². The Bertz CT molecular complexity index is 570. The van der Waals surface area contributed by atoms with Gasteiger partial charge in [0.15, 0.2) is 0 Å². The third-order valence-corrected chi connectivity index (χ3v) is 7.00. The van der Waals surface area contributed by atoms with Gasteiger partial charge in [-0.25, -0.2) is 13.1 Å². The number of fused-ring (bicyclic) bond motifs is 1. The molecular weight excluding hydrogens is 294 g/mol. The van der Waals surface area contributed by atoms with Crippen molar-refractivity contribution >= 4 is 21.4 Å². The Hall–Kier alpha value is -0.470. The molecule has 0 aliphatic carbocycles. The van der Waals surface area contributed by atoms with E-state index in [0.29, 0.717) is 10.9 Å². The molecule has 0 radical (unpaired) electrons. The summed E-state index contributed by atoms with van der Waals surface area (Å²) in [6, 6.07) is 2.28. The average molecular weight is 315 g/mol. The van der Waals surface area contributed by atoms with Crippen LogP contribution in [0.15, 0.2) is 16.3 Å². The fraction of sp³-hybridized carbons (Fsp3) is 0.692. The van der Waals surface area contributed by atoms with E-state index in [1.807, 2.05) is 0 Å². The first kappa shape index (κ1) is 14.5. The van der Waals surface area contributed by atoms with Crippen LogP contribution in [0, 0.1) is 0 Å². The third-order valence-electron chi connectivity index (χ3n) is 4.32. The standard InChI is InChI=1S/C13H21N3O2S2/c14-9-12-13(4-7-19-12)20(17,18)15-10-3-6-16-5-1-2-11(16)8-10/h4,7,10-11,15H,1-3,5-6,8-9,14H2. The quantitative estimate of drug-likeness (QED) is 0.873. The van der Waals surface area contributed by atoms with Crippen molar-refractivity contribution in [1.29, 1.82) is 0 Å². The number of nitrogens with zero attached hydrogens (tertiary/aromatic N) is 1. The molecule has 2 atom stereocenters. The smallest absolute Gasteiger partial charge is 0.241 e. The minimum Gasteiger partial charge on any atom is -0.326 e. The molecular formula is C13H21N3O2S2. The SMILES string of the molecule is NCc1sccc1S(=O)(=O)NC1CCN2CCCC2C1. The normalized spacial score (nSPS) is 27.6. The van der Waals surface area contributed by atoms with Gasteiger partial charge in [0, 0.05) is 23.5 Å². The highest BCUT2D eigenvalue weighted by atomic mass is 32.2. The molecule has 2 saturated heterocycles. The highest BCUT2D eigenvalue weighted by molar-refractivity contribution is 7.89. The maximum absolute atomic E-state index is 12.5. The Morgan fingerprint density at radius 3 is 3.05 bits per heavy atom. The van der Waals surface area contributed by atoms with Crippen LogP contribution in [-0.2, 0) is 16.6 Å². The summed E-state index contributed by atoms with van der Waals surface area (Å²) in [6.07, 6.45) is 4.27. The van der Waals surface area contributed by atoms with Gasteiger partial charge in [-0.1, -0.05) is 0 Å². The lowest BCUT2D eigenvalue weighted by Crippen LogP contribution is -2.47. The largest absolute Gasteiger partial charge is 0.326 e. The van der Waals surface area contributed by atoms with Gasteiger partial charge in [0.2, 0.25) is 10.0 Å². The van der Waals surface area contributed by atoms with Crippen molar-refractivity contribution in [3.63, 3.8) is 0 Å². The fourth-order valence-corrected chi connectivity index (χ4v) is 5.95. The van der Waals surface area contributed by atoms with Crippen LogP contribution in [0.3, 0.4) is 0 Å². The predicted octanol–water partition coefficient (Wildman–Crippen LogP) is 1.11. The summed E-state index contributed by atoms with van der Waals surface area (Å²) in [5, 5.41) is 1.79. The molecule has 3 heterocycles. The van der Waals surface area contributed by atoms with E-state index in [1.54, 1.807) is 11.4 Å². The van der Waals surface area contributed by atoms with Crippen molar-refractivity contribution in [3.05, 3.63) is 16.3 Å². The summed E-state index contributed by atoms with van der Waals surface area (Å²) in [4.78, 5) is 3.58. The molecule has 0 amide bonds. The van der Waals surface area contributed by atoms with E-state index >= 15 is 0 Å². The summed E-state index contributed by atoms with van der Waals surface area (Å²) < 4.78 is 27.8. The summed E-state index contributed by atoms with van der Waals surface area (Å²) in [6.45, 7) is 2.45. The van der Waals surface area contributed by atoms with Gasteiger partial charge in [-0.05, 0) is 50.2 Å². The van der Waals surface area contributed by atoms with Gasteiger partial charge in [0.25, 0.3) is 0 Å². The van der Waals surface area contributed by atoms with E-state index in [9.17, 15) is 8.42 Å². The van der Waals surface area contributed by atoms with Crippen LogP contribution in [0.25, 0.3) is 0 Å². The summed E-state index contributed by atoms with van der Waals surface area (Å²) >= 11 is 1.40. The number of rotatable bonds is 4. The van der Waals surface area contributed by atoms with Gasteiger partial charge in [0.1, 0.15) is 0 Å². The second-order valence-electron chi connectivity index (χ2n) is 5.59. The topological polar surface area (TPSA) is 75.4 Å². The van der Waals surface area contributed by atoms with Gasteiger partial charge in [-0.15, -0.1) is 11.3 Å². The number of nitrogens with one attached hydrogen (secondary N) is 1.